The second-order valence-corrected chi connectivity index (χ2v) is 9.15. The Hall–Kier alpha value is -3.10. The van der Waals surface area contributed by atoms with Gasteiger partial charge < -0.3 is 10.1 Å². The molecule has 162 valence electrons. The van der Waals surface area contributed by atoms with E-state index in [0.717, 1.165) is 17.4 Å². The van der Waals surface area contributed by atoms with Crippen LogP contribution in [0.15, 0.2) is 73.1 Å². The van der Waals surface area contributed by atoms with Gasteiger partial charge in [-0.2, -0.15) is 0 Å². The van der Waals surface area contributed by atoms with Gasteiger partial charge in [-0.25, -0.2) is 8.42 Å². The molecule has 0 spiro atoms. The molecule has 0 aliphatic rings. The number of hydrogen-bond donors (Lipinski definition) is 1. The maximum absolute atomic E-state index is 12.3. The van der Waals surface area contributed by atoms with Crippen LogP contribution in [0.4, 0.5) is 5.69 Å². The van der Waals surface area contributed by atoms with E-state index in [2.05, 4.69) is 10.3 Å². The zero-order valence-electron chi connectivity index (χ0n) is 16.9. The van der Waals surface area contributed by atoms with Crippen LogP contribution in [-0.4, -0.2) is 32.2 Å². The molecule has 31 heavy (non-hydrogen) atoms. The van der Waals surface area contributed by atoms with Crippen molar-refractivity contribution in [3.05, 3.63) is 89.2 Å². The lowest BCUT2D eigenvalue weighted by Crippen LogP contribution is -2.29. The molecule has 0 unspecified atom stereocenters. The Bertz CT molecular complexity index is 1110. The number of hydrogen-bond acceptors (Lipinski definition) is 5. The van der Waals surface area contributed by atoms with Gasteiger partial charge in [0.05, 0.1) is 18.5 Å². The maximum Gasteiger partial charge on any atom is 0.258 e. The molecular weight excluding hydrogens is 438 g/mol. The zero-order chi connectivity index (χ0) is 22.3. The molecule has 0 bridgehead atoms. The molecule has 3 rings (SSSR count). The number of amides is 1. The summed E-state index contributed by atoms with van der Waals surface area (Å²) in [7, 11) is -3.51. The second kappa shape index (κ2) is 10.3. The van der Waals surface area contributed by atoms with E-state index in [9.17, 15) is 13.2 Å². The molecule has 1 aromatic heterocycles. The summed E-state index contributed by atoms with van der Waals surface area (Å²) in [5, 5.41) is 3.35. The maximum atomic E-state index is 12.3. The lowest BCUT2D eigenvalue weighted by molar-refractivity contribution is -0.123. The molecule has 0 aliphatic carbocycles. The predicted molar refractivity (Wildman–Crippen MR) is 120 cm³/mol. The number of aromatic nitrogens is 1. The summed E-state index contributed by atoms with van der Waals surface area (Å²) in [6.07, 6.45) is 4.47. The van der Waals surface area contributed by atoms with Crippen LogP contribution in [0.5, 0.6) is 5.75 Å². The van der Waals surface area contributed by atoms with Crippen molar-refractivity contribution >= 4 is 33.2 Å². The summed E-state index contributed by atoms with van der Waals surface area (Å²) >= 11 is 5.90. The Balaban J connectivity index is 1.59. The highest BCUT2D eigenvalue weighted by atomic mass is 35.5. The number of halogens is 1. The number of nitrogens with zero attached hydrogens (tertiary/aromatic N) is 2. The van der Waals surface area contributed by atoms with Crippen LogP contribution in [-0.2, 0) is 27.9 Å². The van der Waals surface area contributed by atoms with Crippen molar-refractivity contribution in [2.75, 3.05) is 17.2 Å². The number of benzene rings is 2. The first-order valence-electron chi connectivity index (χ1n) is 9.42. The molecule has 0 saturated heterocycles. The molecule has 1 heterocycles. The summed E-state index contributed by atoms with van der Waals surface area (Å²) < 4.78 is 31.4. The van der Waals surface area contributed by atoms with Crippen LogP contribution in [0, 0.1) is 0 Å². The van der Waals surface area contributed by atoms with E-state index < -0.39 is 10.0 Å². The minimum absolute atomic E-state index is 0.148. The summed E-state index contributed by atoms with van der Waals surface area (Å²) in [6, 6.07) is 17.2. The first-order valence-corrected chi connectivity index (χ1v) is 11.6. The molecule has 0 saturated carbocycles. The fourth-order valence-electron chi connectivity index (χ4n) is 2.77. The fraction of sp³-hybridized carbons (Fsp3) is 0.182. The van der Waals surface area contributed by atoms with Gasteiger partial charge in [-0.05, 0) is 59.7 Å². The molecule has 3 aromatic rings. The first-order chi connectivity index (χ1) is 14.8. The van der Waals surface area contributed by atoms with Crippen molar-refractivity contribution in [2.24, 2.45) is 0 Å². The highest BCUT2D eigenvalue weighted by molar-refractivity contribution is 7.92. The number of carbonyl (C=O) groups excluding carboxylic acids is 1. The SMILES string of the molecule is CS(=O)(=O)N(Cc1ccc(Cl)cc1)c1ccc(OCC(=O)NCc2ccncc2)cc1. The molecule has 1 N–H and O–H groups in total. The summed E-state index contributed by atoms with van der Waals surface area (Å²) in [6.45, 7) is 0.413. The largest absolute Gasteiger partial charge is 0.484 e. The molecule has 0 radical (unpaired) electrons. The number of carbonyl (C=O) groups is 1. The van der Waals surface area contributed by atoms with Gasteiger partial charge in [0.2, 0.25) is 10.0 Å². The Kier molecular flexibility index (Phi) is 7.49. The van der Waals surface area contributed by atoms with Crippen molar-refractivity contribution in [3.63, 3.8) is 0 Å². The van der Waals surface area contributed by atoms with E-state index in [0.29, 0.717) is 23.0 Å². The van der Waals surface area contributed by atoms with Crippen molar-refractivity contribution in [1.29, 1.82) is 0 Å². The van der Waals surface area contributed by atoms with Crippen LogP contribution in [0.2, 0.25) is 5.02 Å². The summed E-state index contributed by atoms with van der Waals surface area (Å²) in [5.74, 6) is 0.198. The summed E-state index contributed by atoms with van der Waals surface area (Å²) in [4.78, 5) is 15.9. The number of pyridine rings is 1. The van der Waals surface area contributed by atoms with Crippen LogP contribution in [0.3, 0.4) is 0 Å². The average molecular weight is 460 g/mol. The van der Waals surface area contributed by atoms with Crippen LogP contribution < -0.4 is 14.4 Å². The average Bonchev–Trinajstić information content (AvgIpc) is 2.76. The molecule has 1 amide bonds. The van der Waals surface area contributed by atoms with Gasteiger partial charge in [-0.15, -0.1) is 0 Å². The van der Waals surface area contributed by atoms with Gasteiger partial charge in [-0.3, -0.25) is 14.1 Å². The number of nitrogens with one attached hydrogen (secondary N) is 1. The van der Waals surface area contributed by atoms with E-state index in [-0.39, 0.29) is 19.1 Å². The number of anilines is 1. The van der Waals surface area contributed by atoms with Gasteiger partial charge >= 0.3 is 0 Å². The number of sulfonamides is 1. The Morgan fingerprint density at radius 3 is 2.26 bits per heavy atom. The Morgan fingerprint density at radius 1 is 1.00 bits per heavy atom. The molecule has 0 aliphatic heterocycles. The van der Waals surface area contributed by atoms with Crippen molar-refractivity contribution in [2.45, 2.75) is 13.1 Å². The van der Waals surface area contributed by atoms with Crippen LogP contribution >= 0.6 is 11.6 Å². The smallest absolute Gasteiger partial charge is 0.258 e. The standard InChI is InChI=1S/C22H22ClN3O4S/c1-31(28,29)26(15-18-2-4-19(23)5-3-18)20-6-8-21(9-7-20)30-16-22(27)25-14-17-10-12-24-13-11-17/h2-13H,14-16H2,1H3,(H,25,27). The van der Waals surface area contributed by atoms with E-state index >= 15 is 0 Å². The Labute approximate surface area is 186 Å². The molecule has 0 fully saturated rings. The van der Waals surface area contributed by atoms with E-state index in [1.165, 1.54) is 4.31 Å². The van der Waals surface area contributed by atoms with Crippen molar-refractivity contribution in [1.82, 2.24) is 10.3 Å². The normalized spacial score (nSPS) is 11.0. The van der Waals surface area contributed by atoms with Gasteiger partial charge in [0.1, 0.15) is 5.75 Å². The van der Waals surface area contributed by atoms with Crippen molar-refractivity contribution in [3.8, 4) is 5.75 Å². The van der Waals surface area contributed by atoms with Crippen LogP contribution in [0.1, 0.15) is 11.1 Å². The summed E-state index contributed by atoms with van der Waals surface area (Å²) in [5.41, 5.74) is 2.24. The third-order valence-corrected chi connectivity index (χ3v) is 5.77. The number of ether oxygens (including phenoxy) is 1. The van der Waals surface area contributed by atoms with Crippen LogP contribution in [0.25, 0.3) is 0 Å². The molecule has 9 heteroatoms. The van der Waals surface area contributed by atoms with Gasteiger partial charge in [-0.1, -0.05) is 23.7 Å². The molecular formula is C22H22ClN3O4S. The van der Waals surface area contributed by atoms with Gasteiger partial charge in [0, 0.05) is 24.0 Å². The van der Waals surface area contributed by atoms with Gasteiger partial charge in [0.15, 0.2) is 6.61 Å². The second-order valence-electron chi connectivity index (χ2n) is 6.81. The third-order valence-electron chi connectivity index (χ3n) is 4.37. The first kappa shape index (κ1) is 22.6. The minimum atomic E-state index is -3.51. The minimum Gasteiger partial charge on any atom is -0.484 e. The van der Waals surface area contributed by atoms with E-state index in [4.69, 9.17) is 16.3 Å². The van der Waals surface area contributed by atoms with E-state index in [1.54, 1.807) is 60.9 Å². The molecule has 7 nitrogen and oxygen atoms in total. The molecule has 2 aromatic carbocycles. The fourth-order valence-corrected chi connectivity index (χ4v) is 3.78. The highest BCUT2D eigenvalue weighted by Crippen LogP contribution is 2.24. The molecule has 0 atom stereocenters. The Morgan fingerprint density at radius 2 is 1.65 bits per heavy atom. The van der Waals surface area contributed by atoms with Gasteiger partial charge in [0.25, 0.3) is 5.91 Å². The highest BCUT2D eigenvalue weighted by Gasteiger charge is 2.18. The lowest BCUT2D eigenvalue weighted by atomic mass is 10.2. The number of rotatable bonds is 9. The topological polar surface area (TPSA) is 88.6 Å². The van der Waals surface area contributed by atoms with E-state index in [1.807, 2.05) is 12.1 Å². The zero-order valence-corrected chi connectivity index (χ0v) is 18.4. The third kappa shape index (κ3) is 6.97. The van der Waals surface area contributed by atoms with Crippen molar-refractivity contribution < 1.29 is 17.9 Å². The lowest BCUT2D eigenvalue weighted by Gasteiger charge is -2.23. The predicted octanol–water partition coefficient (Wildman–Crippen LogP) is 3.40. The quantitative estimate of drug-likeness (QED) is 0.529. The monoisotopic (exact) mass is 459 g/mol.